The second-order valence-corrected chi connectivity index (χ2v) is 8.88. The van der Waals surface area contributed by atoms with E-state index in [9.17, 15) is 8.42 Å². The molecule has 0 spiro atoms. The first-order valence-electron chi connectivity index (χ1n) is 9.46. The van der Waals surface area contributed by atoms with Crippen LogP contribution in [-0.2, 0) is 9.84 Å². The molecule has 2 aromatic carbocycles. The average Bonchev–Trinajstić information content (AvgIpc) is 3.27. The molecule has 7 nitrogen and oxygen atoms in total. The van der Waals surface area contributed by atoms with E-state index in [1.54, 1.807) is 30.7 Å². The van der Waals surface area contributed by atoms with Crippen LogP contribution in [0.25, 0.3) is 32.9 Å². The Labute approximate surface area is 178 Å². The summed E-state index contributed by atoms with van der Waals surface area (Å²) in [5.74, 6) is 0.630. The Bertz CT molecular complexity index is 1540. The maximum absolute atomic E-state index is 11.9. The fraction of sp³-hybridized carbons (Fsp3) is 0. The van der Waals surface area contributed by atoms with Crippen molar-refractivity contribution in [3.05, 3.63) is 85.2 Å². The van der Waals surface area contributed by atoms with Crippen molar-refractivity contribution in [2.75, 3.05) is 5.32 Å². The minimum atomic E-state index is -3.46. The van der Waals surface area contributed by atoms with Crippen molar-refractivity contribution in [3.63, 3.8) is 0 Å². The van der Waals surface area contributed by atoms with E-state index in [1.807, 2.05) is 30.3 Å². The third kappa shape index (κ3) is 3.53. The summed E-state index contributed by atoms with van der Waals surface area (Å²) in [6.45, 7) is 3.35. The van der Waals surface area contributed by atoms with Gasteiger partial charge in [0.05, 0.1) is 22.3 Å². The number of anilines is 2. The van der Waals surface area contributed by atoms with Gasteiger partial charge in [0.15, 0.2) is 9.84 Å². The monoisotopic (exact) mass is 427 g/mol. The molecule has 3 heterocycles. The maximum atomic E-state index is 11.9. The number of benzene rings is 2. The van der Waals surface area contributed by atoms with E-state index in [-0.39, 0.29) is 4.90 Å². The molecule has 0 fully saturated rings. The van der Waals surface area contributed by atoms with Gasteiger partial charge in [0, 0.05) is 45.2 Å². The highest BCUT2D eigenvalue weighted by molar-refractivity contribution is 7.94. The Hall–Kier alpha value is -4.04. The third-order valence-corrected chi connectivity index (χ3v) is 6.40. The maximum Gasteiger partial charge on any atom is 0.199 e. The molecule has 0 aliphatic heterocycles. The van der Waals surface area contributed by atoms with E-state index >= 15 is 0 Å². The lowest BCUT2D eigenvalue weighted by molar-refractivity contribution is 0.605. The van der Waals surface area contributed by atoms with Crippen molar-refractivity contribution in [3.8, 4) is 11.3 Å². The van der Waals surface area contributed by atoms with Crippen LogP contribution in [-0.4, -0.2) is 28.6 Å². The van der Waals surface area contributed by atoms with Crippen molar-refractivity contribution in [1.29, 1.82) is 0 Å². The molecule has 8 heteroatoms. The molecule has 0 amide bonds. The van der Waals surface area contributed by atoms with E-state index in [0.717, 1.165) is 44.0 Å². The molecular weight excluding hydrogens is 410 g/mol. The van der Waals surface area contributed by atoms with Crippen LogP contribution in [0.3, 0.4) is 0 Å². The van der Waals surface area contributed by atoms with Crippen LogP contribution in [0.15, 0.2) is 90.1 Å². The molecule has 0 aliphatic rings. The predicted octanol–water partition coefficient (Wildman–Crippen LogP) is 4.83. The molecule has 0 bridgehead atoms. The highest BCUT2D eigenvalue weighted by Gasteiger charge is 2.11. The zero-order valence-electron chi connectivity index (χ0n) is 16.3. The van der Waals surface area contributed by atoms with Gasteiger partial charge in [-0.25, -0.2) is 13.4 Å². The van der Waals surface area contributed by atoms with Crippen LogP contribution in [0.1, 0.15) is 0 Å². The van der Waals surface area contributed by atoms with Crippen LogP contribution < -0.4 is 5.32 Å². The smallest absolute Gasteiger partial charge is 0.199 e. The Kier molecular flexibility index (Phi) is 4.48. The molecule has 2 N–H and O–H groups in total. The molecule has 5 rings (SSSR count). The summed E-state index contributed by atoms with van der Waals surface area (Å²) in [6.07, 6.45) is 5.34. The van der Waals surface area contributed by atoms with Crippen LogP contribution in [0, 0.1) is 0 Å². The lowest BCUT2D eigenvalue weighted by Crippen LogP contribution is -1.97. The van der Waals surface area contributed by atoms with Crippen LogP contribution in [0.4, 0.5) is 11.5 Å². The topological polar surface area (TPSA) is 101 Å². The minimum absolute atomic E-state index is 0.195. The molecule has 0 radical (unpaired) electrons. The van der Waals surface area contributed by atoms with Crippen LogP contribution in [0.5, 0.6) is 0 Å². The minimum Gasteiger partial charge on any atom is -0.340 e. The summed E-state index contributed by atoms with van der Waals surface area (Å²) in [4.78, 5) is 9.27. The summed E-state index contributed by atoms with van der Waals surface area (Å²) in [6, 6.07) is 16.4. The number of hydrogen-bond donors (Lipinski definition) is 2. The van der Waals surface area contributed by atoms with Gasteiger partial charge < -0.3 is 5.32 Å². The fourth-order valence-electron chi connectivity index (χ4n) is 3.43. The molecule has 5 aromatic rings. The standard InChI is InChI=1S/C23H17N5O2S/c1-2-31(29,30)19-6-4-18(5-7-19)27-22-12-20-16(13-25-22)9-10-24-23(20)15-3-8-21-17(11-15)14-26-28-21/h2-14H,1H2,(H,25,27)(H,26,28). The zero-order valence-corrected chi connectivity index (χ0v) is 17.1. The Balaban J connectivity index is 1.52. The number of nitrogens with zero attached hydrogens (tertiary/aromatic N) is 3. The third-order valence-electron chi connectivity index (χ3n) is 5.04. The quantitative estimate of drug-likeness (QED) is 0.416. The van der Waals surface area contributed by atoms with Crippen molar-refractivity contribution in [2.45, 2.75) is 4.90 Å². The van der Waals surface area contributed by atoms with E-state index in [2.05, 4.69) is 32.1 Å². The summed E-state index contributed by atoms with van der Waals surface area (Å²) in [7, 11) is -3.46. The van der Waals surface area contributed by atoms with Gasteiger partial charge in [0.1, 0.15) is 5.82 Å². The molecule has 31 heavy (non-hydrogen) atoms. The lowest BCUT2D eigenvalue weighted by atomic mass is 10.0. The number of H-pyrrole nitrogens is 1. The molecule has 152 valence electrons. The first-order valence-corrected chi connectivity index (χ1v) is 11.0. The highest BCUT2D eigenvalue weighted by Crippen LogP contribution is 2.30. The molecule has 0 unspecified atom stereocenters. The van der Waals surface area contributed by atoms with Crippen molar-refractivity contribution in [1.82, 2.24) is 20.2 Å². The number of fused-ring (bicyclic) bond motifs is 2. The number of aromatic amines is 1. The van der Waals surface area contributed by atoms with E-state index in [1.165, 1.54) is 12.1 Å². The predicted molar refractivity (Wildman–Crippen MR) is 122 cm³/mol. The number of sulfone groups is 1. The van der Waals surface area contributed by atoms with Crippen LogP contribution in [0.2, 0.25) is 0 Å². The zero-order chi connectivity index (χ0) is 21.4. The number of aromatic nitrogens is 4. The summed E-state index contributed by atoms with van der Waals surface area (Å²) in [5.41, 5.74) is 3.52. The van der Waals surface area contributed by atoms with E-state index in [4.69, 9.17) is 0 Å². The van der Waals surface area contributed by atoms with Gasteiger partial charge in [-0.1, -0.05) is 12.6 Å². The van der Waals surface area contributed by atoms with Gasteiger partial charge in [-0.15, -0.1) is 0 Å². The highest BCUT2D eigenvalue weighted by atomic mass is 32.2. The fourth-order valence-corrected chi connectivity index (χ4v) is 4.13. The Morgan fingerprint density at radius 3 is 2.58 bits per heavy atom. The summed E-state index contributed by atoms with van der Waals surface area (Å²) in [5, 5.41) is 14.1. The van der Waals surface area contributed by atoms with Crippen molar-refractivity contribution < 1.29 is 8.42 Å². The van der Waals surface area contributed by atoms with Gasteiger partial charge in [-0.05, 0) is 48.5 Å². The van der Waals surface area contributed by atoms with E-state index in [0.29, 0.717) is 5.82 Å². The summed E-state index contributed by atoms with van der Waals surface area (Å²) < 4.78 is 23.8. The number of rotatable bonds is 5. The Morgan fingerprint density at radius 1 is 0.935 bits per heavy atom. The van der Waals surface area contributed by atoms with Gasteiger partial charge in [0.2, 0.25) is 0 Å². The number of nitrogens with one attached hydrogen (secondary N) is 2. The lowest BCUT2D eigenvalue weighted by Gasteiger charge is -2.10. The van der Waals surface area contributed by atoms with Gasteiger partial charge in [0.25, 0.3) is 0 Å². The van der Waals surface area contributed by atoms with Gasteiger partial charge >= 0.3 is 0 Å². The van der Waals surface area contributed by atoms with Gasteiger partial charge in [-0.3, -0.25) is 10.1 Å². The molecule has 0 atom stereocenters. The largest absolute Gasteiger partial charge is 0.340 e. The summed E-state index contributed by atoms with van der Waals surface area (Å²) >= 11 is 0. The molecule has 0 saturated carbocycles. The normalized spacial score (nSPS) is 11.6. The first-order chi connectivity index (χ1) is 15.0. The SMILES string of the molecule is C=CS(=O)(=O)c1ccc(Nc2cc3c(-c4ccc5[nH]ncc5c4)nccc3cn2)cc1. The van der Waals surface area contributed by atoms with Crippen LogP contribution >= 0.6 is 0 Å². The molecular formula is C23H17N5O2S. The van der Waals surface area contributed by atoms with Crippen molar-refractivity contribution >= 4 is 43.0 Å². The van der Waals surface area contributed by atoms with Crippen molar-refractivity contribution in [2.24, 2.45) is 0 Å². The number of pyridine rings is 2. The molecule has 0 saturated heterocycles. The number of hydrogen-bond acceptors (Lipinski definition) is 6. The van der Waals surface area contributed by atoms with Gasteiger partial charge in [-0.2, -0.15) is 5.10 Å². The second kappa shape index (κ2) is 7.33. The average molecular weight is 427 g/mol. The molecule has 3 aromatic heterocycles. The first kappa shape index (κ1) is 19.0. The van der Waals surface area contributed by atoms with E-state index < -0.39 is 9.84 Å². The molecule has 0 aliphatic carbocycles. The Morgan fingerprint density at radius 2 is 1.77 bits per heavy atom. The second-order valence-electron chi connectivity index (χ2n) is 6.98.